The summed E-state index contributed by atoms with van der Waals surface area (Å²) < 4.78 is 39.2. The van der Waals surface area contributed by atoms with Gasteiger partial charge in [0, 0.05) is 12.1 Å². The van der Waals surface area contributed by atoms with Gasteiger partial charge in [-0.1, -0.05) is 6.92 Å². The van der Waals surface area contributed by atoms with E-state index in [4.69, 9.17) is 5.73 Å². The number of primary amides is 1. The summed E-state index contributed by atoms with van der Waals surface area (Å²) in [7, 11) is 0. The highest BCUT2D eigenvalue weighted by Gasteiger charge is 2.23. The lowest BCUT2D eigenvalue weighted by atomic mass is 10.1. The molecule has 0 spiro atoms. The maximum Gasteiger partial charge on any atom is 0.257 e. The van der Waals surface area contributed by atoms with Gasteiger partial charge in [-0.15, -0.1) is 0 Å². The molecular weight excluding hydrogens is 249 g/mol. The average Bonchev–Trinajstić information content (AvgIpc) is 2.23. The molecule has 1 atom stereocenters. The third-order valence-corrected chi connectivity index (χ3v) is 2.29. The van der Waals surface area contributed by atoms with Crippen molar-refractivity contribution in [2.24, 2.45) is 5.73 Å². The zero-order chi connectivity index (χ0) is 13.9. The van der Waals surface area contributed by atoms with Crippen LogP contribution in [0, 0.1) is 17.5 Å². The van der Waals surface area contributed by atoms with Crippen LogP contribution in [0.2, 0.25) is 0 Å². The molecule has 0 unspecified atom stereocenters. The first-order valence-corrected chi connectivity index (χ1v) is 5.11. The van der Waals surface area contributed by atoms with E-state index in [1.165, 1.54) is 0 Å². The normalized spacial score (nSPS) is 12.0. The molecule has 0 aliphatic rings. The number of nitrogens with two attached hydrogens (primary N) is 1. The minimum Gasteiger partial charge on any atom is -0.368 e. The van der Waals surface area contributed by atoms with Crippen molar-refractivity contribution in [3.8, 4) is 0 Å². The van der Waals surface area contributed by atoms with Crippen LogP contribution in [-0.4, -0.2) is 17.9 Å². The highest BCUT2D eigenvalue weighted by Crippen LogP contribution is 2.14. The summed E-state index contributed by atoms with van der Waals surface area (Å²) in [5.41, 5.74) is 4.02. The highest BCUT2D eigenvalue weighted by molar-refractivity contribution is 5.97. The molecule has 1 aromatic carbocycles. The molecule has 0 heterocycles. The van der Waals surface area contributed by atoms with E-state index in [2.05, 4.69) is 5.32 Å². The van der Waals surface area contributed by atoms with Crippen LogP contribution in [0.25, 0.3) is 0 Å². The van der Waals surface area contributed by atoms with Gasteiger partial charge in [-0.05, 0) is 6.42 Å². The molecule has 0 aliphatic carbocycles. The Bertz CT molecular complexity index is 468. The van der Waals surface area contributed by atoms with Crippen LogP contribution in [0.4, 0.5) is 13.2 Å². The number of nitrogens with one attached hydrogen (secondary N) is 1. The van der Waals surface area contributed by atoms with E-state index < -0.39 is 40.9 Å². The van der Waals surface area contributed by atoms with Crippen molar-refractivity contribution in [3.05, 3.63) is 35.1 Å². The Labute approximate surface area is 101 Å². The Balaban J connectivity index is 3.01. The van der Waals surface area contributed by atoms with E-state index >= 15 is 0 Å². The predicted octanol–water partition coefficient (Wildman–Crippen LogP) is 1.10. The molecular formula is C11H11F3N2O2. The molecule has 98 valence electrons. The van der Waals surface area contributed by atoms with Crippen molar-refractivity contribution in [1.82, 2.24) is 5.32 Å². The Morgan fingerprint density at radius 2 is 1.78 bits per heavy atom. The molecule has 7 heteroatoms. The largest absolute Gasteiger partial charge is 0.368 e. The summed E-state index contributed by atoms with van der Waals surface area (Å²) in [6.45, 7) is 1.56. The monoisotopic (exact) mass is 260 g/mol. The number of carbonyl (C=O) groups excluding carboxylic acids is 2. The minimum absolute atomic E-state index is 0.172. The molecule has 0 aromatic heterocycles. The Hall–Kier alpha value is -2.05. The fraction of sp³-hybridized carbons (Fsp3) is 0.273. The van der Waals surface area contributed by atoms with Crippen LogP contribution in [0.1, 0.15) is 23.7 Å². The second kappa shape index (κ2) is 5.52. The molecule has 0 fully saturated rings. The second-order valence-electron chi connectivity index (χ2n) is 3.58. The highest BCUT2D eigenvalue weighted by atomic mass is 19.1. The van der Waals surface area contributed by atoms with E-state index in [1.54, 1.807) is 6.92 Å². The van der Waals surface area contributed by atoms with E-state index in [9.17, 15) is 22.8 Å². The van der Waals surface area contributed by atoms with Crippen LogP contribution >= 0.6 is 0 Å². The van der Waals surface area contributed by atoms with Gasteiger partial charge in [0.25, 0.3) is 5.91 Å². The predicted molar refractivity (Wildman–Crippen MR) is 57.1 cm³/mol. The number of rotatable bonds is 4. The van der Waals surface area contributed by atoms with Crippen molar-refractivity contribution >= 4 is 11.8 Å². The molecule has 0 aliphatic heterocycles. The lowest BCUT2D eigenvalue weighted by Gasteiger charge is -2.13. The summed E-state index contributed by atoms with van der Waals surface area (Å²) in [6, 6.07) is -0.284. The summed E-state index contributed by atoms with van der Waals surface area (Å²) in [5.74, 6) is -5.80. The molecule has 0 bridgehead atoms. The first-order valence-electron chi connectivity index (χ1n) is 5.11. The third kappa shape index (κ3) is 2.99. The van der Waals surface area contributed by atoms with Crippen molar-refractivity contribution in [3.63, 3.8) is 0 Å². The SMILES string of the molecule is CC[C@H](NC(=O)c1c(F)cc(F)cc1F)C(N)=O. The first-order chi connectivity index (χ1) is 8.36. The summed E-state index contributed by atoms with van der Waals surface area (Å²) in [4.78, 5) is 22.4. The fourth-order valence-electron chi connectivity index (χ4n) is 1.36. The molecule has 2 amide bonds. The van der Waals surface area contributed by atoms with Crippen LogP contribution in [0.3, 0.4) is 0 Å². The Morgan fingerprint density at radius 1 is 1.28 bits per heavy atom. The molecule has 1 rings (SSSR count). The zero-order valence-electron chi connectivity index (χ0n) is 9.47. The molecule has 4 nitrogen and oxygen atoms in total. The van der Waals surface area contributed by atoms with Gasteiger partial charge in [-0.25, -0.2) is 13.2 Å². The number of carbonyl (C=O) groups is 2. The number of hydrogen-bond donors (Lipinski definition) is 2. The maximum atomic E-state index is 13.3. The summed E-state index contributed by atoms with van der Waals surface area (Å²) >= 11 is 0. The van der Waals surface area contributed by atoms with Gasteiger partial charge in [0.2, 0.25) is 5.91 Å². The van der Waals surface area contributed by atoms with E-state index in [0.29, 0.717) is 12.1 Å². The molecule has 3 N–H and O–H groups in total. The average molecular weight is 260 g/mol. The van der Waals surface area contributed by atoms with E-state index in [-0.39, 0.29) is 6.42 Å². The van der Waals surface area contributed by atoms with E-state index in [1.807, 2.05) is 0 Å². The lowest BCUT2D eigenvalue weighted by Crippen LogP contribution is -2.44. The first kappa shape index (κ1) is 14.0. The van der Waals surface area contributed by atoms with Crippen molar-refractivity contribution < 1.29 is 22.8 Å². The Kier molecular flexibility index (Phi) is 4.30. The topological polar surface area (TPSA) is 72.2 Å². The second-order valence-corrected chi connectivity index (χ2v) is 3.58. The van der Waals surface area contributed by atoms with Crippen molar-refractivity contribution in [1.29, 1.82) is 0 Å². The van der Waals surface area contributed by atoms with Crippen molar-refractivity contribution in [2.45, 2.75) is 19.4 Å². The van der Waals surface area contributed by atoms with E-state index in [0.717, 1.165) is 0 Å². The number of halogens is 3. The zero-order valence-corrected chi connectivity index (χ0v) is 9.47. The van der Waals surface area contributed by atoms with Gasteiger partial charge >= 0.3 is 0 Å². The quantitative estimate of drug-likeness (QED) is 0.850. The van der Waals surface area contributed by atoms with Crippen LogP contribution in [0.5, 0.6) is 0 Å². The van der Waals surface area contributed by atoms with Gasteiger partial charge in [-0.3, -0.25) is 9.59 Å². The Morgan fingerprint density at radius 3 is 2.17 bits per heavy atom. The number of hydrogen-bond acceptors (Lipinski definition) is 2. The smallest absolute Gasteiger partial charge is 0.257 e. The molecule has 0 saturated carbocycles. The van der Waals surface area contributed by atoms with Crippen LogP contribution < -0.4 is 11.1 Å². The van der Waals surface area contributed by atoms with Gasteiger partial charge in [-0.2, -0.15) is 0 Å². The van der Waals surface area contributed by atoms with Gasteiger partial charge in [0.05, 0.1) is 0 Å². The summed E-state index contributed by atoms with van der Waals surface area (Å²) in [6.07, 6.45) is 0.172. The third-order valence-electron chi connectivity index (χ3n) is 2.29. The van der Waals surface area contributed by atoms with Gasteiger partial charge in [0.15, 0.2) is 0 Å². The molecule has 0 radical (unpaired) electrons. The van der Waals surface area contributed by atoms with Crippen molar-refractivity contribution in [2.75, 3.05) is 0 Å². The lowest BCUT2D eigenvalue weighted by molar-refractivity contribution is -0.119. The standard InChI is InChI=1S/C11H11F3N2O2/c1-2-8(10(15)17)16-11(18)9-6(13)3-5(12)4-7(9)14/h3-4,8H,2H2,1H3,(H2,15,17)(H,16,18)/t8-/m0/s1. The van der Waals surface area contributed by atoms with Crippen LogP contribution in [0.15, 0.2) is 12.1 Å². The van der Waals surface area contributed by atoms with Gasteiger partial charge < -0.3 is 11.1 Å². The molecule has 1 aromatic rings. The molecule has 18 heavy (non-hydrogen) atoms. The van der Waals surface area contributed by atoms with Crippen LogP contribution in [-0.2, 0) is 4.79 Å². The summed E-state index contributed by atoms with van der Waals surface area (Å²) in [5, 5.41) is 2.07. The number of benzene rings is 1. The molecule has 0 saturated heterocycles. The maximum absolute atomic E-state index is 13.3. The fourth-order valence-corrected chi connectivity index (χ4v) is 1.36. The number of amides is 2. The minimum atomic E-state index is -1.34. The van der Waals surface area contributed by atoms with Gasteiger partial charge in [0.1, 0.15) is 29.1 Å².